The van der Waals surface area contributed by atoms with Gasteiger partial charge in [0.1, 0.15) is 16.7 Å². The summed E-state index contributed by atoms with van der Waals surface area (Å²) in [7, 11) is 0. The molecular formula is C9H9F2NO4S. The molecule has 94 valence electrons. The Morgan fingerprint density at radius 2 is 2.18 bits per heavy atom. The molecule has 0 aliphatic carbocycles. The second-order valence-electron chi connectivity index (χ2n) is 3.03. The third-order valence-electron chi connectivity index (χ3n) is 1.77. The summed E-state index contributed by atoms with van der Waals surface area (Å²) in [5, 5.41) is 12.1. The van der Waals surface area contributed by atoms with Gasteiger partial charge in [0.25, 0.3) is 5.91 Å². The number of amides is 1. The van der Waals surface area contributed by atoms with Gasteiger partial charge in [0.05, 0.1) is 0 Å². The van der Waals surface area contributed by atoms with Crippen LogP contribution < -0.4 is 10.1 Å². The molecule has 1 atom stereocenters. The SMILES string of the molecule is CC(NC(=O)c1sccc1OC(F)F)C(=O)O. The van der Waals surface area contributed by atoms with Crippen molar-refractivity contribution in [3.63, 3.8) is 0 Å². The standard InChI is InChI=1S/C9H9F2NO4S/c1-4(8(14)15)12-7(13)6-5(2-3-17-6)16-9(10)11/h2-4,9H,1H3,(H,12,13)(H,14,15). The predicted octanol–water partition coefficient (Wildman–Crippen LogP) is 1.55. The lowest BCUT2D eigenvalue weighted by Gasteiger charge is -2.09. The monoisotopic (exact) mass is 265 g/mol. The molecule has 1 aromatic heterocycles. The van der Waals surface area contributed by atoms with Gasteiger partial charge in [0.2, 0.25) is 0 Å². The van der Waals surface area contributed by atoms with E-state index in [4.69, 9.17) is 5.11 Å². The van der Waals surface area contributed by atoms with Crippen molar-refractivity contribution in [1.82, 2.24) is 5.32 Å². The first kappa shape index (κ1) is 13.4. The molecule has 5 nitrogen and oxygen atoms in total. The molecule has 0 saturated carbocycles. The van der Waals surface area contributed by atoms with Gasteiger partial charge in [-0.2, -0.15) is 8.78 Å². The maximum Gasteiger partial charge on any atom is 0.387 e. The van der Waals surface area contributed by atoms with Crippen LogP contribution in [0.15, 0.2) is 11.4 Å². The van der Waals surface area contributed by atoms with Gasteiger partial charge in [0, 0.05) is 0 Å². The van der Waals surface area contributed by atoms with Crippen LogP contribution in [0.4, 0.5) is 8.78 Å². The number of rotatable bonds is 5. The lowest BCUT2D eigenvalue weighted by molar-refractivity contribution is -0.138. The highest BCUT2D eigenvalue weighted by molar-refractivity contribution is 7.12. The van der Waals surface area contributed by atoms with Gasteiger partial charge in [0.15, 0.2) is 0 Å². The summed E-state index contributed by atoms with van der Waals surface area (Å²) in [6.07, 6.45) is 0. The Labute approximate surface area is 99.0 Å². The Morgan fingerprint density at radius 1 is 1.53 bits per heavy atom. The number of carbonyl (C=O) groups excluding carboxylic acids is 1. The van der Waals surface area contributed by atoms with Gasteiger partial charge in [-0.3, -0.25) is 9.59 Å². The van der Waals surface area contributed by atoms with Crippen LogP contribution in [0.3, 0.4) is 0 Å². The summed E-state index contributed by atoms with van der Waals surface area (Å²) in [6, 6.07) is 0.112. The summed E-state index contributed by atoms with van der Waals surface area (Å²) < 4.78 is 28.1. The molecule has 17 heavy (non-hydrogen) atoms. The van der Waals surface area contributed by atoms with E-state index in [-0.39, 0.29) is 10.6 Å². The summed E-state index contributed by atoms with van der Waals surface area (Å²) >= 11 is 0.890. The molecule has 1 unspecified atom stereocenters. The highest BCUT2D eigenvalue weighted by Gasteiger charge is 2.21. The third kappa shape index (κ3) is 3.66. The number of carboxylic acid groups (broad SMARTS) is 1. The highest BCUT2D eigenvalue weighted by atomic mass is 32.1. The fourth-order valence-corrected chi connectivity index (χ4v) is 1.70. The van der Waals surface area contributed by atoms with E-state index in [2.05, 4.69) is 10.1 Å². The van der Waals surface area contributed by atoms with Crippen LogP contribution in [0.5, 0.6) is 5.75 Å². The van der Waals surface area contributed by atoms with Gasteiger partial charge in [-0.1, -0.05) is 0 Å². The van der Waals surface area contributed by atoms with E-state index in [1.807, 2.05) is 0 Å². The maximum absolute atomic E-state index is 12.0. The first-order valence-electron chi connectivity index (χ1n) is 4.47. The molecule has 1 amide bonds. The largest absolute Gasteiger partial charge is 0.480 e. The van der Waals surface area contributed by atoms with E-state index in [0.29, 0.717) is 0 Å². The minimum Gasteiger partial charge on any atom is -0.480 e. The molecule has 1 heterocycles. The zero-order valence-corrected chi connectivity index (χ0v) is 9.46. The molecule has 8 heteroatoms. The molecule has 0 aromatic carbocycles. The van der Waals surface area contributed by atoms with Crippen molar-refractivity contribution in [2.24, 2.45) is 0 Å². The molecular weight excluding hydrogens is 256 g/mol. The first-order valence-corrected chi connectivity index (χ1v) is 5.35. The number of halogens is 2. The van der Waals surface area contributed by atoms with E-state index >= 15 is 0 Å². The third-order valence-corrected chi connectivity index (χ3v) is 2.66. The molecule has 1 rings (SSSR count). The normalized spacial score (nSPS) is 12.2. The van der Waals surface area contributed by atoms with Crippen molar-refractivity contribution in [3.05, 3.63) is 16.3 Å². The summed E-state index contributed by atoms with van der Waals surface area (Å²) in [5.74, 6) is -2.24. The van der Waals surface area contributed by atoms with Crippen LogP contribution in [0.1, 0.15) is 16.6 Å². The van der Waals surface area contributed by atoms with E-state index < -0.39 is 24.5 Å². The van der Waals surface area contributed by atoms with Crippen LogP contribution in [0.25, 0.3) is 0 Å². The average molecular weight is 265 g/mol. The van der Waals surface area contributed by atoms with Crippen molar-refractivity contribution >= 4 is 23.2 Å². The number of carboxylic acids is 1. The first-order chi connectivity index (χ1) is 7.91. The topological polar surface area (TPSA) is 75.6 Å². The quantitative estimate of drug-likeness (QED) is 0.847. The Morgan fingerprint density at radius 3 is 2.71 bits per heavy atom. The molecule has 0 bridgehead atoms. The number of carbonyl (C=O) groups is 2. The molecule has 0 aliphatic heterocycles. The summed E-state index contributed by atoms with van der Waals surface area (Å²) in [5.41, 5.74) is 0. The number of aliphatic carboxylic acids is 1. The van der Waals surface area contributed by atoms with E-state index in [1.165, 1.54) is 18.4 Å². The Balaban J connectivity index is 2.75. The Kier molecular flexibility index (Phi) is 4.38. The maximum atomic E-state index is 12.0. The van der Waals surface area contributed by atoms with Crippen molar-refractivity contribution < 1.29 is 28.2 Å². The van der Waals surface area contributed by atoms with Crippen LogP contribution in [0.2, 0.25) is 0 Å². The lowest BCUT2D eigenvalue weighted by Crippen LogP contribution is -2.38. The highest BCUT2D eigenvalue weighted by Crippen LogP contribution is 2.26. The predicted molar refractivity (Wildman–Crippen MR) is 55.5 cm³/mol. The van der Waals surface area contributed by atoms with Gasteiger partial charge < -0.3 is 15.2 Å². The Bertz CT molecular complexity index is 421. The molecule has 0 aliphatic rings. The zero-order chi connectivity index (χ0) is 13.0. The fraction of sp³-hybridized carbons (Fsp3) is 0.333. The van der Waals surface area contributed by atoms with Crippen molar-refractivity contribution in [3.8, 4) is 5.75 Å². The van der Waals surface area contributed by atoms with Crippen molar-refractivity contribution in [2.45, 2.75) is 19.6 Å². The molecule has 2 N–H and O–H groups in total. The molecule has 0 saturated heterocycles. The van der Waals surface area contributed by atoms with Crippen molar-refractivity contribution in [2.75, 3.05) is 0 Å². The van der Waals surface area contributed by atoms with Gasteiger partial charge >= 0.3 is 12.6 Å². The summed E-state index contributed by atoms with van der Waals surface area (Å²) in [6.45, 7) is -1.77. The number of thiophene rings is 1. The molecule has 0 radical (unpaired) electrons. The fourth-order valence-electron chi connectivity index (χ4n) is 0.976. The summed E-state index contributed by atoms with van der Waals surface area (Å²) in [4.78, 5) is 22.0. The minimum atomic E-state index is -3.03. The Hall–Kier alpha value is -1.70. The van der Waals surface area contributed by atoms with Crippen molar-refractivity contribution in [1.29, 1.82) is 0 Å². The number of alkyl halides is 2. The number of hydrogen-bond donors (Lipinski definition) is 2. The number of nitrogens with one attached hydrogen (secondary N) is 1. The minimum absolute atomic E-state index is 0.0848. The number of hydrogen-bond acceptors (Lipinski definition) is 4. The number of ether oxygens (including phenoxy) is 1. The van der Waals surface area contributed by atoms with E-state index in [0.717, 1.165) is 11.3 Å². The van der Waals surface area contributed by atoms with Gasteiger partial charge in [-0.05, 0) is 18.4 Å². The average Bonchev–Trinajstić information content (AvgIpc) is 2.64. The van der Waals surface area contributed by atoms with E-state index in [1.54, 1.807) is 0 Å². The van der Waals surface area contributed by atoms with Gasteiger partial charge in [-0.15, -0.1) is 11.3 Å². The van der Waals surface area contributed by atoms with Crippen LogP contribution in [-0.4, -0.2) is 29.6 Å². The molecule has 0 spiro atoms. The molecule has 1 aromatic rings. The second kappa shape index (κ2) is 5.58. The van der Waals surface area contributed by atoms with Crippen LogP contribution in [-0.2, 0) is 4.79 Å². The van der Waals surface area contributed by atoms with Crippen LogP contribution >= 0.6 is 11.3 Å². The smallest absolute Gasteiger partial charge is 0.387 e. The van der Waals surface area contributed by atoms with E-state index in [9.17, 15) is 18.4 Å². The zero-order valence-electron chi connectivity index (χ0n) is 8.65. The second-order valence-corrected chi connectivity index (χ2v) is 3.94. The van der Waals surface area contributed by atoms with Gasteiger partial charge in [-0.25, -0.2) is 0 Å². The van der Waals surface area contributed by atoms with Crippen LogP contribution in [0, 0.1) is 0 Å². The lowest BCUT2D eigenvalue weighted by atomic mass is 10.3. The molecule has 0 fully saturated rings.